The van der Waals surface area contributed by atoms with Crippen LogP contribution in [0.1, 0.15) is 56.3 Å². The average molecular weight is 276 g/mol. The van der Waals surface area contributed by atoms with E-state index in [-0.39, 0.29) is 0 Å². The number of hydrogen-bond acceptors (Lipinski definition) is 3. The van der Waals surface area contributed by atoms with Gasteiger partial charge in [-0.05, 0) is 44.7 Å². The van der Waals surface area contributed by atoms with Gasteiger partial charge >= 0.3 is 0 Å². The predicted octanol–water partition coefficient (Wildman–Crippen LogP) is 3.54. The van der Waals surface area contributed by atoms with Crippen molar-refractivity contribution < 1.29 is 4.42 Å². The Balaban J connectivity index is 1.41. The lowest BCUT2D eigenvalue weighted by Crippen LogP contribution is -2.26. The molecule has 2 aliphatic carbocycles. The molecule has 2 aliphatic rings. The molecular weight excluding hydrogens is 248 g/mol. The Labute approximate surface area is 122 Å². The highest BCUT2D eigenvalue weighted by Gasteiger charge is 2.20. The van der Waals surface area contributed by atoms with Crippen LogP contribution in [-0.2, 0) is 13.1 Å². The zero-order chi connectivity index (χ0) is 13.8. The van der Waals surface area contributed by atoms with Crippen molar-refractivity contribution in [3.63, 3.8) is 0 Å². The second-order valence-electron chi connectivity index (χ2n) is 6.78. The largest absolute Gasteiger partial charge is 0.468 e. The summed E-state index contributed by atoms with van der Waals surface area (Å²) in [4.78, 5) is 2.42. The molecule has 0 unspecified atom stereocenters. The highest BCUT2D eigenvalue weighted by atomic mass is 16.3. The average Bonchev–Trinajstić information content (AvgIpc) is 3.18. The molecule has 1 aromatic rings. The lowest BCUT2D eigenvalue weighted by Gasteiger charge is -2.26. The maximum absolute atomic E-state index is 5.70. The third-order valence-corrected chi connectivity index (χ3v) is 4.60. The van der Waals surface area contributed by atoms with Crippen LogP contribution in [0.5, 0.6) is 0 Å². The van der Waals surface area contributed by atoms with E-state index in [1.165, 1.54) is 57.1 Å². The molecule has 0 bridgehead atoms. The molecule has 1 aromatic heterocycles. The maximum atomic E-state index is 5.70. The topological polar surface area (TPSA) is 28.4 Å². The molecule has 3 rings (SSSR count). The Hall–Kier alpha value is -0.800. The van der Waals surface area contributed by atoms with E-state index in [1.807, 2.05) is 6.26 Å². The molecule has 0 aromatic carbocycles. The van der Waals surface area contributed by atoms with Crippen molar-refractivity contribution in [1.29, 1.82) is 0 Å². The SMILES string of the molecule is CN(Cc1cc(CNC2CC2)co1)CC1CCCCC1. The lowest BCUT2D eigenvalue weighted by atomic mass is 9.89. The van der Waals surface area contributed by atoms with E-state index in [9.17, 15) is 0 Å². The zero-order valence-corrected chi connectivity index (χ0v) is 12.7. The van der Waals surface area contributed by atoms with Crippen molar-refractivity contribution in [3.05, 3.63) is 23.7 Å². The van der Waals surface area contributed by atoms with Gasteiger partial charge in [0.1, 0.15) is 5.76 Å². The van der Waals surface area contributed by atoms with E-state index in [1.54, 1.807) is 0 Å². The van der Waals surface area contributed by atoms with Crippen LogP contribution in [0.15, 0.2) is 16.7 Å². The fraction of sp³-hybridized carbons (Fsp3) is 0.765. The van der Waals surface area contributed by atoms with Gasteiger partial charge in [-0.25, -0.2) is 0 Å². The summed E-state index contributed by atoms with van der Waals surface area (Å²) < 4.78 is 5.70. The van der Waals surface area contributed by atoms with Gasteiger partial charge < -0.3 is 9.73 Å². The van der Waals surface area contributed by atoms with Crippen molar-refractivity contribution in [1.82, 2.24) is 10.2 Å². The van der Waals surface area contributed by atoms with Crippen LogP contribution in [0.25, 0.3) is 0 Å². The minimum Gasteiger partial charge on any atom is -0.468 e. The molecule has 0 radical (unpaired) electrons. The number of nitrogens with zero attached hydrogens (tertiary/aromatic N) is 1. The van der Waals surface area contributed by atoms with Crippen LogP contribution in [0, 0.1) is 5.92 Å². The Morgan fingerprint density at radius 2 is 2.00 bits per heavy atom. The molecule has 3 nitrogen and oxygen atoms in total. The van der Waals surface area contributed by atoms with Crippen LogP contribution < -0.4 is 5.32 Å². The Bertz CT molecular complexity index is 405. The predicted molar refractivity (Wildman–Crippen MR) is 81.5 cm³/mol. The summed E-state index contributed by atoms with van der Waals surface area (Å²) in [5.41, 5.74) is 1.29. The minimum atomic E-state index is 0.766. The first kappa shape index (κ1) is 14.2. The summed E-state index contributed by atoms with van der Waals surface area (Å²) >= 11 is 0. The van der Waals surface area contributed by atoms with E-state index in [2.05, 4.69) is 23.3 Å². The van der Waals surface area contributed by atoms with Gasteiger partial charge in [0.25, 0.3) is 0 Å². The fourth-order valence-corrected chi connectivity index (χ4v) is 3.29. The quantitative estimate of drug-likeness (QED) is 0.825. The standard InChI is InChI=1S/C17H28N2O/c1-19(11-14-5-3-2-4-6-14)12-17-9-15(13-20-17)10-18-16-7-8-16/h9,13-14,16,18H,2-8,10-12H2,1H3. The molecule has 0 saturated heterocycles. The zero-order valence-electron chi connectivity index (χ0n) is 12.7. The van der Waals surface area contributed by atoms with Gasteiger partial charge in [-0.1, -0.05) is 19.3 Å². The molecule has 2 fully saturated rings. The third-order valence-electron chi connectivity index (χ3n) is 4.60. The second kappa shape index (κ2) is 6.77. The van der Waals surface area contributed by atoms with Crippen LogP contribution in [-0.4, -0.2) is 24.5 Å². The van der Waals surface area contributed by atoms with E-state index in [4.69, 9.17) is 4.42 Å². The van der Waals surface area contributed by atoms with Crippen molar-refractivity contribution >= 4 is 0 Å². The van der Waals surface area contributed by atoms with Crippen molar-refractivity contribution in [2.24, 2.45) is 5.92 Å². The van der Waals surface area contributed by atoms with Crippen LogP contribution in [0.3, 0.4) is 0 Å². The molecule has 2 saturated carbocycles. The monoisotopic (exact) mass is 276 g/mol. The van der Waals surface area contributed by atoms with Crippen LogP contribution in [0.4, 0.5) is 0 Å². The summed E-state index contributed by atoms with van der Waals surface area (Å²) in [6.07, 6.45) is 11.7. The molecule has 0 amide bonds. The Morgan fingerprint density at radius 1 is 1.20 bits per heavy atom. The van der Waals surface area contributed by atoms with Crippen LogP contribution >= 0.6 is 0 Å². The highest BCUT2D eigenvalue weighted by molar-refractivity contribution is 5.13. The molecule has 1 heterocycles. The smallest absolute Gasteiger partial charge is 0.118 e. The molecule has 0 atom stereocenters. The van der Waals surface area contributed by atoms with Gasteiger partial charge in [0.05, 0.1) is 12.8 Å². The van der Waals surface area contributed by atoms with E-state index < -0.39 is 0 Å². The Morgan fingerprint density at radius 3 is 2.75 bits per heavy atom. The molecule has 20 heavy (non-hydrogen) atoms. The summed E-state index contributed by atoms with van der Waals surface area (Å²) in [6.45, 7) is 3.12. The van der Waals surface area contributed by atoms with Crippen molar-refractivity contribution in [2.45, 2.75) is 64.1 Å². The number of hydrogen-bond donors (Lipinski definition) is 1. The van der Waals surface area contributed by atoms with E-state index in [0.29, 0.717) is 0 Å². The van der Waals surface area contributed by atoms with Gasteiger partial charge in [-0.3, -0.25) is 4.90 Å². The first-order valence-electron chi connectivity index (χ1n) is 8.28. The van der Waals surface area contributed by atoms with Crippen LogP contribution in [0.2, 0.25) is 0 Å². The Kier molecular flexibility index (Phi) is 4.79. The summed E-state index contributed by atoms with van der Waals surface area (Å²) in [7, 11) is 2.22. The first-order chi connectivity index (χ1) is 9.79. The van der Waals surface area contributed by atoms with Gasteiger partial charge in [0, 0.05) is 24.7 Å². The highest BCUT2D eigenvalue weighted by Crippen LogP contribution is 2.24. The summed E-state index contributed by atoms with van der Waals surface area (Å²) in [5.74, 6) is 2.01. The fourth-order valence-electron chi connectivity index (χ4n) is 3.29. The molecular formula is C17H28N2O. The first-order valence-corrected chi connectivity index (χ1v) is 8.28. The summed E-state index contributed by atoms with van der Waals surface area (Å²) in [5, 5.41) is 3.53. The third kappa shape index (κ3) is 4.35. The molecule has 112 valence electrons. The van der Waals surface area contributed by atoms with Gasteiger partial charge in [0.15, 0.2) is 0 Å². The minimum absolute atomic E-state index is 0.766. The van der Waals surface area contributed by atoms with Crippen molar-refractivity contribution in [3.8, 4) is 0 Å². The molecule has 1 N–H and O–H groups in total. The molecule has 0 aliphatic heterocycles. The molecule has 3 heteroatoms. The van der Waals surface area contributed by atoms with Gasteiger partial charge in [-0.15, -0.1) is 0 Å². The van der Waals surface area contributed by atoms with Gasteiger partial charge in [0.2, 0.25) is 0 Å². The molecule has 0 spiro atoms. The number of nitrogens with one attached hydrogen (secondary N) is 1. The second-order valence-corrected chi connectivity index (χ2v) is 6.78. The summed E-state index contributed by atoms with van der Waals surface area (Å²) in [6, 6.07) is 2.98. The number of rotatable bonds is 7. The van der Waals surface area contributed by atoms with E-state index >= 15 is 0 Å². The van der Waals surface area contributed by atoms with Gasteiger partial charge in [-0.2, -0.15) is 0 Å². The van der Waals surface area contributed by atoms with E-state index in [0.717, 1.165) is 30.8 Å². The maximum Gasteiger partial charge on any atom is 0.118 e. The van der Waals surface area contributed by atoms with Crippen molar-refractivity contribution in [2.75, 3.05) is 13.6 Å². The number of furan rings is 1. The normalized spacial score (nSPS) is 20.7. The lowest BCUT2D eigenvalue weighted by molar-refractivity contribution is 0.216.